The first-order valence-corrected chi connectivity index (χ1v) is 7.37. The van der Waals surface area contributed by atoms with Crippen LogP contribution < -0.4 is 4.90 Å². The molecule has 0 N–H and O–H groups in total. The van der Waals surface area contributed by atoms with Gasteiger partial charge < -0.3 is 4.90 Å². The van der Waals surface area contributed by atoms with Crippen LogP contribution in [0.2, 0.25) is 0 Å². The quantitative estimate of drug-likeness (QED) is 0.848. The molecule has 1 aromatic carbocycles. The number of sulfonamides is 1. The molecule has 1 heterocycles. The highest BCUT2D eigenvalue weighted by Gasteiger charge is 2.26. The highest BCUT2D eigenvalue weighted by molar-refractivity contribution is 7.90. The van der Waals surface area contributed by atoms with Gasteiger partial charge in [0.25, 0.3) is 10.0 Å². The molecule has 0 aromatic heterocycles. The molecule has 6 heteroatoms. The third kappa shape index (κ3) is 2.76. The van der Waals surface area contributed by atoms with E-state index in [-0.39, 0.29) is 4.90 Å². The lowest BCUT2D eigenvalue weighted by Gasteiger charge is -2.27. The average Bonchev–Trinajstić information content (AvgIpc) is 2.38. The van der Waals surface area contributed by atoms with Gasteiger partial charge in [0, 0.05) is 6.54 Å². The van der Waals surface area contributed by atoms with Crippen molar-refractivity contribution < 1.29 is 8.42 Å². The molecular weight excluding hydrogens is 262 g/mol. The molecule has 1 aliphatic rings. The summed E-state index contributed by atoms with van der Waals surface area (Å²) in [6.07, 6.45) is 1.95. The molecule has 0 amide bonds. The first kappa shape index (κ1) is 13.6. The third-order valence-electron chi connectivity index (χ3n) is 3.06. The van der Waals surface area contributed by atoms with E-state index in [4.69, 9.17) is 5.26 Å². The lowest BCUT2D eigenvalue weighted by atomic mass is 9.91. The molecule has 0 saturated carbocycles. The Bertz CT molecular complexity index is 657. The van der Waals surface area contributed by atoms with Gasteiger partial charge in [-0.05, 0) is 32.4 Å². The van der Waals surface area contributed by atoms with Gasteiger partial charge in [0.05, 0.1) is 17.2 Å². The number of para-hydroxylation sites is 1. The standard InChI is InChI=1S/C13H15N3O2S/c1-13(2,9-14)7-8-16-10-15-19(17,18)12-6-4-3-5-11(12)16/h3-6,10H,7-8H2,1-2H3. The number of anilines is 1. The Morgan fingerprint density at radius 1 is 1.37 bits per heavy atom. The van der Waals surface area contributed by atoms with E-state index in [1.807, 2.05) is 13.8 Å². The summed E-state index contributed by atoms with van der Waals surface area (Å²) in [5.74, 6) is 0. The molecule has 5 nitrogen and oxygen atoms in total. The second-order valence-corrected chi connectivity index (χ2v) is 6.70. The van der Waals surface area contributed by atoms with Crippen molar-refractivity contribution in [2.75, 3.05) is 11.4 Å². The van der Waals surface area contributed by atoms with E-state index in [0.29, 0.717) is 18.7 Å². The first-order valence-electron chi connectivity index (χ1n) is 5.93. The van der Waals surface area contributed by atoms with Gasteiger partial charge in [0.2, 0.25) is 0 Å². The maximum atomic E-state index is 11.8. The average molecular weight is 277 g/mol. The van der Waals surface area contributed by atoms with Crippen LogP contribution in [0.15, 0.2) is 33.6 Å². The van der Waals surface area contributed by atoms with E-state index in [2.05, 4.69) is 10.5 Å². The molecule has 0 saturated heterocycles. The van der Waals surface area contributed by atoms with E-state index in [9.17, 15) is 8.42 Å². The molecule has 0 aliphatic carbocycles. The highest BCUT2D eigenvalue weighted by atomic mass is 32.2. The van der Waals surface area contributed by atoms with E-state index in [1.165, 1.54) is 6.34 Å². The number of hydrogen-bond acceptors (Lipinski definition) is 4. The van der Waals surface area contributed by atoms with Gasteiger partial charge in [-0.25, -0.2) is 0 Å². The summed E-state index contributed by atoms with van der Waals surface area (Å²) in [6.45, 7) is 4.27. The summed E-state index contributed by atoms with van der Waals surface area (Å²) in [5.41, 5.74) is 0.172. The van der Waals surface area contributed by atoms with E-state index in [0.717, 1.165) is 0 Å². The summed E-state index contributed by atoms with van der Waals surface area (Å²) in [6, 6.07) is 8.99. The summed E-state index contributed by atoms with van der Waals surface area (Å²) >= 11 is 0. The maximum absolute atomic E-state index is 11.8. The smallest absolute Gasteiger partial charge is 0.285 e. The molecule has 100 valence electrons. The second kappa shape index (κ2) is 4.67. The van der Waals surface area contributed by atoms with Crippen molar-refractivity contribution in [3.05, 3.63) is 24.3 Å². The molecule has 0 bridgehead atoms. The van der Waals surface area contributed by atoms with Crippen LogP contribution >= 0.6 is 0 Å². The van der Waals surface area contributed by atoms with Crippen molar-refractivity contribution in [2.24, 2.45) is 9.81 Å². The summed E-state index contributed by atoms with van der Waals surface area (Å²) in [7, 11) is -3.57. The maximum Gasteiger partial charge on any atom is 0.285 e. The first-order chi connectivity index (χ1) is 8.86. The topological polar surface area (TPSA) is 73.5 Å². The van der Waals surface area contributed by atoms with Gasteiger partial charge in [0.1, 0.15) is 11.2 Å². The van der Waals surface area contributed by atoms with Gasteiger partial charge in [0.15, 0.2) is 0 Å². The van der Waals surface area contributed by atoms with Crippen LogP contribution in [-0.2, 0) is 10.0 Å². The second-order valence-electron chi connectivity index (χ2n) is 5.10. The Hall–Kier alpha value is -1.87. The largest absolute Gasteiger partial charge is 0.330 e. The van der Waals surface area contributed by atoms with Gasteiger partial charge in [-0.2, -0.15) is 13.7 Å². The van der Waals surface area contributed by atoms with Crippen LogP contribution in [0.1, 0.15) is 20.3 Å². The number of rotatable bonds is 3. The molecule has 0 radical (unpaired) electrons. The minimum atomic E-state index is -3.57. The van der Waals surface area contributed by atoms with Crippen LogP contribution in [0.25, 0.3) is 0 Å². The zero-order chi connectivity index (χ0) is 14.1. The van der Waals surface area contributed by atoms with Gasteiger partial charge in [-0.3, -0.25) is 0 Å². The summed E-state index contributed by atoms with van der Waals surface area (Å²) in [4.78, 5) is 1.99. The van der Waals surface area contributed by atoms with E-state index < -0.39 is 15.4 Å². The predicted octanol–water partition coefficient (Wildman–Crippen LogP) is 2.16. The van der Waals surface area contributed by atoms with Crippen LogP contribution in [0.3, 0.4) is 0 Å². The van der Waals surface area contributed by atoms with Crippen LogP contribution in [0, 0.1) is 16.7 Å². The van der Waals surface area contributed by atoms with Crippen LogP contribution in [0.5, 0.6) is 0 Å². The fourth-order valence-electron chi connectivity index (χ4n) is 1.78. The van der Waals surface area contributed by atoms with Crippen molar-refractivity contribution >= 4 is 22.0 Å². The molecule has 0 unspecified atom stereocenters. The summed E-state index contributed by atoms with van der Waals surface area (Å²) in [5, 5.41) is 9.00. The minimum absolute atomic E-state index is 0.215. The monoisotopic (exact) mass is 277 g/mol. The van der Waals surface area contributed by atoms with Crippen molar-refractivity contribution in [1.29, 1.82) is 5.26 Å². The van der Waals surface area contributed by atoms with Crippen molar-refractivity contribution in [1.82, 2.24) is 0 Å². The van der Waals surface area contributed by atoms with E-state index >= 15 is 0 Å². The van der Waals surface area contributed by atoms with Crippen molar-refractivity contribution in [3.8, 4) is 6.07 Å². The molecule has 19 heavy (non-hydrogen) atoms. The Labute approximate surface area is 113 Å². The molecular formula is C13H15N3O2S. The van der Waals surface area contributed by atoms with Crippen LogP contribution in [0.4, 0.5) is 5.69 Å². The fraction of sp³-hybridized carbons (Fsp3) is 0.385. The normalized spacial score (nSPS) is 16.8. The third-order valence-corrected chi connectivity index (χ3v) is 4.33. The van der Waals surface area contributed by atoms with Gasteiger partial charge in [-0.1, -0.05) is 12.1 Å². The molecule has 0 spiro atoms. The Morgan fingerprint density at radius 3 is 2.74 bits per heavy atom. The number of fused-ring (bicyclic) bond motifs is 1. The van der Waals surface area contributed by atoms with Crippen molar-refractivity contribution in [2.45, 2.75) is 25.2 Å². The van der Waals surface area contributed by atoms with Crippen LogP contribution in [-0.4, -0.2) is 21.3 Å². The zero-order valence-corrected chi connectivity index (χ0v) is 11.7. The Kier molecular flexibility index (Phi) is 3.33. The fourth-order valence-corrected chi connectivity index (χ4v) is 2.84. The number of nitrogens with zero attached hydrogens (tertiary/aromatic N) is 3. The minimum Gasteiger partial charge on any atom is -0.330 e. The molecule has 1 aromatic rings. The number of nitriles is 1. The molecule has 1 aliphatic heterocycles. The lowest BCUT2D eigenvalue weighted by molar-refractivity contribution is 0.459. The number of benzene rings is 1. The van der Waals surface area contributed by atoms with Crippen molar-refractivity contribution in [3.63, 3.8) is 0 Å². The van der Waals surface area contributed by atoms with E-state index in [1.54, 1.807) is 29.2 Å². The Morgan fingerprint density at radius 2 is 2.05 bits per heavy atom. The lowest BCUT2D eigenvalue weighted by Crippen LogP contribution is -2.30. The Balaban J connectivity index is 2.29. The highest BCUT2D eigenvalue weighted by Crippen LogP contribution is 2.30. The zero-order valence-electron chi connectivity index (χ0n) is 10.9. The molecule has 0 atom stereocenters. The SMILES string of the molecule is CC(C)(C#N)CCN1C=NS(=O)(=O)c2ccccc21. The van der Waals surface area contributed by atoms with Gasteiger partial charge >= 0.3 is 0 Å². The molecule has 0 fully saturated rings. The summed E-state index contributed by atoms with van der Waals surface area (Å²) < 4.78 is 27.2. The van der Waals surface area contributed by atoms with Gasteiger partial charge in [-0.15, -0.1) is 4.40 Å². The molecule has 2 rings (SSSR count). The number of hydrogen-bond donors (Lipinski definition) is 0. The predicted molar refractivity (Wildman–Crippen MR) is 73.5 cm³/mol.